The molecule has 0 spiro atoms. The van der Waals surface area contributed by atoms with E-state index in [0.717, 1.165) is 11.1 Å². The van der Waals surface area contributed by atoms with Gasteiger partial charge in [-0.15, -0.1) is 0 Å². The van der Waals surface area contributed by atoms with E-state index in [9.17, 15) is 5.11 Å². The zero-order valence-corrected chi connectivity index (χ0v) is 16.8. The fraction of sp³-hybridized carbons (Fsp3) is 0.533. The van der Waals surface area contributed by atoms with Crippen LogP contribution in [-0.4, -0.2) is 22.7 Å². The van der Waals surface area contributed by atoms with Crippen LogP contribution in [0.5, 0.6) is 5.75 Å². The standard InChI is InChI=1S/C15H23NO.Al.3ClH/c1-14(2,3)11-7-10(9-16)13(17)12(8-11)15(4,5)6;;;;/h7-9,16-17H,1-6H3;;3*1H/q;+3;;;/p-3. The first-order chi connectivity index (χ1) is 9.30. The first-order valence-corrected chi connectivity index (χ1v) is 11.8. The molecule has 0 aromatic heterocycles. The minimum Gasteiger partial charge on any atom is -0.507 e. The van der Waals surface area contributed by atoms with Crippen LogP contribution in [0.2, 0.25) is 0 Å². The molecule has 2 N–H and O–H groups in total. The van der Waals surface area contributed by atoms with Gasteiger partial charge < -0.3 is 10.5 Å². The van der Waals surface area contributed by atoms with Crippen molar-refractivity contribution in [3.63, 3.8) is 0 Å². The number of benzene rings is 1. The summed E-state index contributed by atoms with van der Waals surface area (Å²) in [5.41, 5.74) is 2.55. The number of phenols is 1. The average Bonchev–Trinajstić information content (AvgIpc) is 2.25. The topological polar surface area (TPSA) is 44.1 Å². The van der Waals surface area contributed by atoms with E-state index < -0.39 is 11.4 Å². The highest BCUT2D eigenvalue weighted by Gasteiger charge is 2.24. The van der Waals surface area contributed by atoms with Crippen LogP contribution in [0.3, 0.4) is 0 Å². The third kappa shape index (κ3) is 7.26. The van der Waals surface area contributed by atoms with Gasteiger partial charge >= 0.3 is 11.4 Å². The van der Waals surface area contributed by atoms with E-state index in [1.165, 1.54) is 6.21 Å². The predicted molar refractivity (Wildman–Crippen MR) is 96.7 cm³/mol. The Bertz CT molecular complexity index is 488. The van der Waals surface area contributed by atoms with Crippen molar-refractivity contribution in [3.05, 3.63) is 28.8 Å². The molecule has 0 unspecified atom stereocenters. The molecule has 21 heavy (non-hydrogen) atoms. The highest BCUT2D eigenvalue weighted by molar-refractivity contribution is 7.54. The van der Waals surface area contributed by atoms with Gasteiger partial charge in [-0.1, -0.05) is 47.6 Å². The zero-order chi connectivity index (χ0) is 17.0. The molecule has 0 aliphatic carbocycles. The van der Waals surface area contributed by atoms with Crippen LogP contribution < -0.4 is 0 Å². The van der Waals surface area contributed by atoms with Crippen molar-refractivity contribution in [2.75, 3.05) is 0 Å². The second-order valence-corrected chi connectivity index (χ2v) is 13.3. The monoisotopic (exact) mass is 365 g/mol. The number of hydrogen-bond donors (Lipinski definition) is 2. The normalized spacial score (nSPS) is 11.5. The average molecular weight is 367 g/mol. The minimum atomic E-state index is -1.72. The van der Waals surface area contributed by atoms with E-state index in [0.29, 0.717) is 5.56 Å². The lowest BCUT2D eigenvalue weighted by atomic mass is 9.79. The number of phenolic OH excluding ortho intramolecular Hbond substituents is 1. The van der Waals surface area contributed by atoms with Crippen LogP contribution >= 0.6 is 30.1 Å². The summed E-state index contributed by atoms with van der Waals surface area (Å²) in [5.74, 6) is 0.237. The second-order valence-electron chi connectivity index (χ2n) is 6.85. The number of nitrogens with one attached hydrogen (secondary N) is 1. The van der Waals surface area contributed by atoms with Crippen molar-refractivity contribution >= 4 is 47.7 Å². The fourth-order valence-electron chi connectivity index (χ4n) is 1.77. The maximum absolute atomic E-state index is 10.2. The molecule has 0 bridgehead atoms. The highest BCUT2D eigenvalue weighted by Crippen LogP contribution is 2.36. The largest absolute Gasteiger partial charge is 0.643 e. The van der Waals surface area contributed by atoms with E-state index in [2.05, 4.69) is 47.6 Å². The Morgan fingerprint density at radius 1 is 1.00 bits per heavy atom. The van der Waals surface area contributed by atoms with Gasteiger partial charge in [-0.05, 0) is 22.5 Å². The van der Waals surface area contributed by atoms with Gasteiger partial charge in [-0.25, -0.2) is 30.1 Å². The first-order valence-electron chi connectivity index (χ1n) is 6.61. The molecule has 0 saturated carbocycles. The lowest BCUT2D eigenvalue weighted by molar-refractivity contribution is 0.444. The Morgan fingerprint density at radius 2 is 1.43 bits per heavy atom. The van der Waals surface area contributed by atoms with E-state index >= 15 is 0 Å². The van der Waals surface area contributed by atoms with Gasteiger partial charge in [0, 0.05) is 17.3 Å². The third-order valence-corrected chi connectivity index (χ3v) is 2.97. The lowest BCUT2D eigenvalue weighted by Gasteiger charge is -2.26. The Kier molecular flexibility index (Phi) is 8.12. The van der Waals surface area contributed by atoms with E-state index in [-0.39, 0.29) is 16.6 Å². The summed E-state index contributed by atoms with van der Waals surface area (Å²) in [6.07, 6.45) is 1.22. The molecule has 0 atom stereocenters. The number of rotatable bonds is 1. The Balaban J connectivity index is 0.000000885. The Labute approximate surface area is 144 Å². The smallest absolute Gasteiger partial charge is 0.507 e. The van der Waals surface area contributed by atoms with Crippen molar-refractivity contribution in [2.45, 2.75) is 52.4 Å². The van der Waals surface area contributed by atoms with Gasteiger partial charge in [0.15, 0.2) is 0 Å². The van der Waals surface area contributed by atoms with Gasteiger partial charge in [0.25, 0.3) is 0 Å². The van der Waals surface area contributed by atoms with Crippen LogP contribution in [0.25, 0.3) is 0 Å². The summed E-state index contributed by atoms with van der Waals surface area (Å²) in [6, 6.07) is 3.96. The predicted octanol–water partition coefficient (Wildman–Crippen LogP) is 5.67. The summed E-state index contributed by atoms with van der Waals surface area (Å²) >= 11 is -1.72. The molecule has 118 valence electrons. The van der Waals surface area contributed by atoms with Crippen molar-refractivity contribution in [1.29, 1.82) is 5.41 Å². The molecule has 0 aliphatic rings. The van der Waals surface area contributed by atoms with E-state index in [4.69, 9.17) is 35.6 Å². The van der Waals surface area contributed by atoms with Gasteiger partial charge in [0.05, 0.1) is 0 Å². The van der Waals surface area contributed by atoms with Gasteiger partial charge in [-0.2, -0.15) is 0 Å². The maximum Gasteiger partial charge on any atom is 0.643 e. The molecular formula is C15H23AlCl3NO. The van der Waals surface area contributed by atoms with Crippen molar-refractivity contribution in [2.24, 2.45) is 0 Å². The molecule has 1 aromatic rings. The minimum absolute atomic E-state index is 0.0193. The molecule has 0 amide bonds. The van der Waals surface area contributed by atoms with Crippen LogP contribution in [0.4, 0.5) is 0 Å². The molecule has 0 heterocycles. The lowest BCUT2D eigenvalue weighted by Crippen LogP contribution is -2.17. The molecule has 1 aromatic carbocycles. The van der Waals surface area contributed by atoms with Crippen LogP contribution in [0.1, 0.15) is 58.2 Å². The SMILES string of the molecule is CC(C)(C)c1cc(C=N)c(O)c(C(C)(C)C)c1.[Cl][Al]([Cl])[Cl]. The van der Waals surface area contributed by atoms with Crippen molar-refractivity contribution < 1.29 is 5.11 Å². The van der Waals surface area contributed by atoms with Crippen molar-refractivity contribution in [1.82, 2.24) is 0 Å². The zero-order valence-electron chi connectivity index (χ0n) is 13.4. The van der Waals surface area contributed by atoms with Crippen LogP contribution in [0, 0.1) is 5.41 Å². The van der Waals surface area contributed by atoms with Gasteiger partial charge in [0.2, 0.25) is 0 Å². The first kappa shape index (κ1) is 21.1. The molecule has 0 aliphatic heterocycles. The van der Waals surface area contributed by atoms with E-state index in [1.54, 1.807) is 0 Å². The molecular weight excluding hydrogens is 344 g/mol. The highest BCUT2D eigenvalue weighted by atomic mass is 35.8. The van der Waals surface area contributed by atoms with Gasteiger partial charge in [-0.3, -0.25) is 0 Å². The van der Waals surface area contributed by atoms with Crippen LogP contribution in [-0.2, 0) is 10.8 Å². The van der Waals surface area contributed by atoms with Gasteiger partial charge in [0.1, 0.15) is 5.75 Å². The molecule has 6 heteroatoms. The molecule has 1 rings (SSSR count). The van der Waals surface area contributed by atoms with Crippen LogP contribution in [0.15, 0.2) is 12.1 Å². The third-order valence-electron chi connectivity index (χ3n) is 2.97. The summed E-state index contributed by atoms with van der Waals surface area (Å²) in [4.78, 5) is 0. The summed E-state index contributed by atoms with van der Waals surface area (Å²) < 4.78 is 0. The number of hydrogen-bond acceptors (Lipinski definition) is 2. The maximum atomic E-state index is 10.2. The quantitative estimate of drug-likeness (QED) is 0.488. The number of aromatic hydroxyl groups is 1. The fourth-order valence-corrected chi connectivity index (χ4v) is 1.77. The molecule has 0 radical (unpaired) electrons. The number of halogens is 3. The Hall–Kier alpha value is 0.0925. The molecule has 0 saturated heterocycles. The Morgan fingerprint density at radius 3 is 1.71 bits per heavy atom. The van der Waals surface area contributed by atoms with Crippen molar-refractivity contribution in [3.8, 4) is 5.75 Å². The second kappa shape index (κ2) is 8.09. The summed E-state index contributed by atoms with van der Waals surface area (Å²) in [6.45, 7) is 12.6. The summed E-state index contributed by atoms with van der Waals surface area (Å²) in [5, 5.41) is 17.6. The molecule has 0 fully saturated rings. The van der Waals surface area contributed by atoms with E-state index in [1.807, 2.05) is 6.07 Å². The summed E-state index contributed by atoms with van der Waals surface area (Å²) in [7, 11) is 14.8. The molecule has 2 nitrogen and oxygen atoms in total.